The fourth-order valence-corrected chi connectivity index (χ4v) is 3.39. The molecule has 0 spiro atoms. The molecule has 13 nitrogen and oxygen atoms in total. The summed E-state index contributed by atoms with van der Waals surface area (Å²) in [7, 11) is 0. The molecule has 37 heavy (non-hydrogen) atoms. The van der Waals surface area contributed by atoms with E-state index in [2.05, 4.69) is 16.0 Å². The molecule has 0 saturated carbocycles. The Hall–Kier alpha value is -4.00. The summed E-state index contributed by atoms with van der Waals surface area (Å²) < 4.78 is 0. The van der Waals surface area contributed by atoms with Crippen LogP contribution in [-0.4, -0.2) is 69.9 Å². The first-order valence-corrected chi connectivity index (χ1v) is 11.8. The highest BCUT2D eigenvalue weighted by Gasteiger charge is 2.33. The van der Waals surface area contributed by atoms with Crippen molar-refractivity contribution < 1.29 is 39.0 Å². The van der Waals surface area contributed by atoms with Gasteiger partial charge in [0.25, 0.3) is 0 Å². The zero-order valence-electron chi connectivity index (χ0n) is 20.8. The van der Waals surface area contributed by atoms with Gasteiger partial charge in [-0.05, 0) is 17.9 Å². The number of carbonyl (C=O) groups excluding carboxylic acids is 4. The smallest absolute Gasteiger partial charge is 0.326 e. The number of carboxylic acid groups (broad SMARTS) is 2. The van der Waals surface area contributed by atoms with Crippen molar-refractivity contribution in [1.29, 1.82) is 0 Å². The van der Waals surface area contributed by atoms with E-state index in [4.69, 9.17) is 16.6 Å². The standard InChI is InChI=1S/C24H35N5O8/c1-3-13(2)20(23(35)28-17(24(36)37)11-14-7-5-4-6-8-14)29-22(34)16(9-10-19(31)32)27-21(33)15(25)12-18(26)30/h4-8,13,15-17,20H,3,9-12,25H2,1-2H3,(H2,26,30)(H,27,33)(H,28,35)(H,29,34)(H,31,32)(H,36,37). The molecule has 1 aromatic carbocycles. The van der Waals surface area contributed by atoms with E-state index in [0.29, 0.717) is 12.0 Å². The Bertz CT molecular complexity index is 971. The van der Waals surface area contributed by atoms with Crippen LogP contribution < -0.4 is 27.4 Å². The molecule has 1 rings (SSSR count). The van der Waals surface area contributed by atoms with Crippen molar-refractivity contribution in [3.8, 4) is 0 Å². The largest absolute Gasteiger partial charge is 0.481 e. The normalized spacial score (nSPS) is 14.8. The number of hydrogen-bond acceptors (Lipinski definition) is 7. The van der Waals surface area contributed by atoms with Crippen molar-refractivity contribution in [2.45, 2.75) is 70.1 Å². The molecule has 0 aromatic heterocycles. The fourth-order valence-electron chi connectivity index (χ4n) is 3.39. The highest BCUT2D eigenvalue weighted by atomic mass is 16.4. The van der Waals surface area contributed by atoms with Gasteiger partial charge in [-0.2, -0.15) is 0 Å². The Labute approximate surface area is 214 Å². The van der Waals surface area contributed by atoms with Gasteiger partial charge in [0, 0.05) is 12.8 Å². The fraction of sp³-hybridized carbons (Fsp3) is 0.500. The Morgan fingerprint density at radius 3 is 2.00 bits per heavy atom. The molecule has 0 aliphatic rings. The first-order chi connectivity index (χ1) is 17.3. The van der Waals surface area contributed by atoms with E-state index in [1.165, 1.54) is 0 Å². The predicted molar refractivity (Wildman–Crippen MR) is 132 cm³/mol. The molecular formula is C24H35N5O8. The third-order valence-corrected chi connectivity index (χ3v) is 5.73. The lowest BCUT2D eigenvalue weighted by Crippen LogP contribution is -2.59. The van der Waals surface area contributed by atoms with Gasteiger partial charge in [-0.15, -0.1) is 0 Å². The second kappa shape index (κ2) is 15.2. The molecule has 0 heterocycles. The van der Waals surface area contributed by atoms with Gasteiger partial charge in [-0.1, -0.05) is 50.6 Å². The summed E-state index contributed by atoms with van der Waals surface area (Å²) in [4.78, 5) is 72.3. The van der Waals surface area contributed by atoms with Crippen LogP contribution in [0.3, 0.4) is 0 Å². The molecular weight excluding hydrogens is 486 g/mol. The maximum atomic E-state index is 13.1. The predicted octanol–water partition coefficient (Wildman–Crippen LogP) is -1.12. The van der Waals surface area contributed by atoms with Crippen LogP contribution in [0.4, 0.5) is 0 Å². The first kappa shape index (κ1) is 31.0. The summed E-state index contributed by atoms with van der Waals surface area (Å²) in [6.07, 6.45) is -0.851. The van der Waals surface area contributed by atoms with E-state index < -0.39 is 78.5 Å². The van der Waals surface area contributed by atoms with Crippen molar-refractivity contribution in [2.75, 3.05) is 0 Å². The van der Waals surface area contributed by atoms with Crippen molar-refractivity contribution in [2.24, 2.45) is 17.4 Å². The SMILES string of the molecule is CCC(C)C(NC(=O)C(CCC(=O)O)NC(=O)C(N)CC(N)=O)C(=O)NC(Cc1ccccc1)C(=O)O. The van der Waals surface area contributed by atoms with Crippen LogP contribution in [-0.2, 0) is 35.2 Å². The van der Waals surface area contributed by atoms with Gasteiger partial charge in [-0.3, -0.25) is 24.0 Å². The molecule has 5 unspecified atom stereocenters. The van der Waals surface area contributed by atoms with Crippen LogP contribution >= 0.6 is 0 Å². The third-order valence-electron chi connectivity index (χ3n) is 5.73. The number of rotatable bonds is 16. The summed E-state index contributed by atoms with van der Waals surface area (Å²) in [5.41, 5.74) is 11.3. The lowest BCUT2D eigenvalue weighted by atomic mass is 9.96. The van der Waals surface area contributed by atoms with Gasteiger partial charge in [-0.25, -0.2) is 4.79 Å². The van der Waals surface area contributed by atoms with Gasteiger partial charge >= 0.3 is 11.9 Å². The average molecular weight is 522 g/mol. The topological polar surface area (TPSA) is 231 Å². The quantitative estimate of drug-likeness (QED) is 0.139. The van der Waals surface area contributed by atoms with Crippen molar-refractivity contribution in [3.05, 3.63) is 35.9 Å². The molecule has 0 radical (unpaired) electrons. The lowest BCUT2D eigenvalue weighted by molar-refractivity contribution is -0.142. The van der Waals surface area contributed by atoms with Crippen molar-refractivity contribution in [1.82, 2.24) is 16.0 Å². The summed E-state index contributed by atoms with van der Waals surface area (Å²) in [6.45, 7) is 3.44. The maximum Gasteiger partial charge on any atom is 0.326 e. The number of amides is 4. The maximum absolute atomic E-state index is 13.1. The minimum absolute atomic E-state index is 0.0120. The van der Waals surface area contributed by atoms with Gasteiger partial charge in [0.05, 0.1) is 12.5 Å². The second-order valence-corrected chi connectivity index (χ2v) is 8.73. The van der Waals surface area contributed by atoms with Crippen LogP contribution in [0.2, 0.25) is 0 Å². The molecule has 0 aliphatic carbocycles. The molecule has 204 valence electrons. The lowest BCUT2D eigenvalue weighted by Gasteiger charge is -2.28. The molecule has 0 fully saturated rings. The minimum atomic E-state index is -1.39. The highest BCUT2D eigenvalue weighted by molar-refractivity contribution is 5.95. The number of benzene rings is 1. The molecule has 1 aromatic rings. The van der Waals surface area contributed by atoms with Gasteiger partial charge in [0.1, 0.15) is 18.1 Å². The number of nitrogens with one attached hydrogen (secondary N) is 3. The van der Waals surface area contributed by atoms with E-state index >= 15 is 0 Å². The number of primary amides is 1. The molecule has 13 heteroatoms. The number of carbonyl (C=O) groups is 6. The zero-order chi connectivity index (χ0) is 28.1. The van der Waals surface area contributed by atoms with Crippen molar-refractivity contribution in [3.63, 3.8) is 0 Å². The monoisotopic (exact) mass is 521 g/mol. The van der Waals surface area contributed by atoms with Crippen LogP contribution in [0.5, 0.6) is 0 Å². The molecule has 4 amide bonds. The summed E-state index contributed by atoms with van der Waals surface area (Å²) in [5.74, 6) is -6.29. The third kappa shape index (κ3) is 11.1. The Morgan fingerprint density at radius 2 is 1.49 bits per heavy atom. The molecule has 0 aliphatic heterocycles. The number of aliphatic carboxylic acids is 2. The molecule has 0 bridgehead atoms. The van der Waals surface area contributed by atoms with Crippen LogP contribution in [0.1, 0.15) is 45.1 Å². The van der Waals surface area contributed by atoms with Crippen LogP contribution in [0.15, 0.2) is 30.3 Å². The Balaban J connectivity index is 3.05. The Kier molecular flexibility index (Phi) is 12.7. The molecule has 9 N–H and O–H groups in total. The van der Waals surface area contributed by atoms with Gasteiger partial charge in [0.2, 0.25) is 23.6 Å². The van der Waals surface area contributed by atoms with Gasteiger partial charge in [0.15, 0.2) is 0 Å². The average Bonchev–Trinajstić information content (AvgIpc) is 2.83. The summed E-state index contributed by atoms with van der Waals surface area (Å²) in [6, 6.07) is 3.47. The minimum Gasteiger partial charge on any atom is -0.481 e. The van der Waals surface area contributed by atoms with Crippen LogP contribution in [0.25, 0.3) is 0 Å². The van der Waals surface area contributed by atoms with E-state index in [9.17, 15) is 33.9 Å². The second-order valence-electron chi connectivity index (χ2n) is 8.73. The first-order valence-electron chi connectivity index (χ1n) is 11.8. The summed E-state index contributed by atoms with van der Waals surface area (Å²) >= 11 is 0. The van der Waals surface area contributed by atoms with E-state index in [-0.39, 0.29) is 12.8 Å². The summed E-state index contributed by atoms with van der Waals surface area (Å²) in [5, 5.41) is 25.9. The number of hydrogen-bond donors (Lipinski definition) is 7. The number of nitrogens with two attached hydrogens (primary N) is 2. The highest BCUT2D eigenvalue weighted by Crippen LogP contribution is 2.11. The molecule has 5 atom stereocenters. The Morgan fingerprint density at radius 1 is 0.892 bits per heavy atom. The molecule has 0 saturated heterocycles. The van der Waals surface area contributed by atoms with Crippen molar-refractivity contribution >= 4 is 35.6 Å². The van der Waals surface area contributed by atoms with Gasteiger partial charge < -0.3 is 37.6 Å². The zero-order valence-corrected chi connectivity index (χ0v) is 20.8. The van der Waals surface area contributed by atoms with E-state index in [0.717, 1.165) is 0 Å². The van der Waals surface area contributed by atoms with E-state index in [1.54, 1.807) is 44.2 Å². The van der Waals surface area contributed by atoms with Crippen LogP contribution in [0, 0.1) is 5.92 Å². The number of carboxylic acids is 2. The van der Waals surface area contributed by atoms with E-state index in [1.807, 2.05) is 0 Å².